The van der Waals surface area contributed by atoms with Crippen LogP contribution >= 0.6 is 0 Å². The van der Waals surface area contributed by atoms with Crippen molar-refractivity contribution >= 4 is 15.9 Å². The lowest BCUT2D eigenvalue weighted by molar-refractivity contribution is -0.122. The van der Waals surface area contributed by atoms with Crippen LogP contribution in [0.25, 0.3) is 0 Å². The Labute approximate surface area is 124 Å². The molecule has 1 unspecified atom stereocenters. The molecule has 9 heteroatoms. The van der Waals surface area contributed by atoms with Crippen LogP contribution in [0.5, 0.6) is 0 Å². The van der Waals surface area contributed by atoms with Gasteiger partial charge in [0.15, 0.2) is 5.03 Å². The lowest BCUT2D eigenvalue weighted by Crippen LogP contribution is -2.58. The van der Waals surface area contributed by atoms with E-state index in [2.05, 4.69) is 10.3 Å². The Kier molecular flexibility index (Phi) is 4.64. The van der Waals surface area contributed by atoms with Crippen LogP contribution in [0.1, 0.15) is 19.2 Å². The second-order valence-corrected chi connectivity index (χ2v) is 6.90. The van der Waals surface area contributed by atoms with Crippen molar-refractivity contribution in [2.45, 2.75) is 37.9 Å². The highest BCUT2D eigenvalue weighted by Crippen LogP contribution is 2.19. The second-order valence-electron chi connectivity index (χ2n) is 5.06. The van der Waals surface area contributed by atoms with Crippen LogP contribution in [0.15, 0.2) is 11.2 Å². The zero-order chi connectivity index (χ0) is 15.6. The lowest BCUT2D eigenvalue weighted by Gasteiger charge is -2.32. The summed E-state index contributed by atoms with van der Waals surface area (Å²) >= 11 is 0. The molecular formula is C12H21N5O3S. The Bertz CT molecular complexity index is 625. The van der Waals surface area contributed by atoms with Crippen molar-refractivity contribution in [2.24, 2.45) is 5.73 Å². The largest absolute Gasteiger partial charge is 0.368 e. The van der Waals surface area contributed by atoms with E-state index in [0.717, 1.165) is 10.7 Å². The zero-order valence-electron chi connectivity index (χ0n) is 12.2. The molecule has 2 heterocycles. The number of nitrogens with zero attached hydrogens (tertiary/aromatic N) is 3. The fourth-order valence-corrected chi connectivity index (χ4v) is 4.00. The lowest BCUT2D eigenvalue weighted by atomic mass is 10.2. The number of imidazole rings is 1. The average Bonchev–Trinajstić information content (AvgIpc) is 2.81. The summed E-state index contributed by atoms with van der Waals surface area (Å²) in [6.07, 6.45) is 2.41. The second kappa shape index (κ2) is 6.12. The maximum Gasteiger partial charge on any atom is 0.262 e. The third kappa shape index (κ3) is 3.09. The van der Waals surface area contributed by atoms with Crippen LogP contribution < -0.4 is 11.1 Å². The minimum absolute atomic E-state index is 0.0263. The summed E-state index contributed by atoms with van der Waals surface area (Å²) < 4.78 is 28.3. The third-order valence-corrected chi connectivity index (χ3v) is 5.29. The summed E-state index contributed by atoms with van der Waals surface area (Å²) in [7, 11) is -3.82. The number of rotatable bonds is 5. The molecule has 2 rings (SSSR count). The predicted octanol–water partition coefficient (Wildman–Crippen LogP) is -0.951. The zero-order valence-corrected chi connectivity index (χ0v) is 13.1. The van der Waals surface area contributed by atoms with E-state index in [1.54, 1.807) is 11.5 Å². The summed E-state index contributed by atoms with van der Waals surface area (Å²) in [6, 6.07) is -0.875. The first kappa shape index (κ1) is 15.9. The van der Waals surface area contributed by atoms with Gasteiger partial charge in [-0.2, -0.15) is 4.31 Å². The van der Waals surface area contributed by atoms with Crippen LogP contribution in [0.2, 0.25) is 0 Å². The number of amides is 1. The van der Waals surface area contributed by atoms with Crippen LogP contribution in [0.3, 0.4) is 0 Å². The Morgan fingerprint density at radius 3 is 2.90 bits per heavy atom. The molecule has 1 aliphatic rings. The number of nitrogens with two attached hydrogens (primary N) is 1. The Balaban J connectivity index is 2.36. The number of nitrogens with one attached hydrogen (secondary N) is 1. The van der Waals surface area contributed by atoms with Crippen molar-refractivity contribution in [1.29, 1.82) is 0 Å². The highest BCUT2D eigenvalue weighted by molar-refractivity contribution is 7.89. The standard InChI is InChI=1S/C12H21N5O3S/c1-3-5-16-8-11(15-9(16)2)21(19,20)17-6-4-14-7-10(17)12(13)18/h8,10,14H,3-7H2,1-2H3,(H2,13,18). The molecule has 1 atom stereocenters. The number of aryl methyl sites for hydroxylation is 2. The number of piperazine rings is 1. The van der Waals surface area contributed by atoms with Crippen molar-refractivity contribution in [2.75, 3.05) is 19.6 Å². The monoisotopic (exact) mass is 315 g/mol. The van der Waals surface area contributed by atoms with Crippen LogP contribution in [0, 0.1) is 6.92 Å². The summed E-state index contributed by atoms with van der Waals surface area (Å²) in [5, 5.41) is 2.95. The summed E-state index contributed by atoms with van der Waals surface area (Å²) in [5.74, 6) is -0.0170. The number of sulfonamides is 1. The maximum atomic E-state index is 12.7. The fraction of sp³-hybridized carbons (Fsp3) is 0.667. The van der Waals surface area contributed by atoms with Crippen molar-refractivity contribution in [3.8, 4) is 0 Å². The van der Waals surface area contributed by atoms with Crippen LogP contribution in [0.4, 0.5) is 0 Å². The summed E-state index contributed by atoms with van der Waals surface area (Å²) in [6.45, 7) is 5.39. The number of hydrogen-bond acceptors (Lipinski definition) is 5. The number of carbonyl (C=O) groups excluding carboxylic acids is 1. The number of primary amides is 1. The third-order valence-electron chi connectivity index (χ3n) is 3.51. The quantitative estimate of drug-likeness (QED) is 0.728. The van der Waals surface area contributed by atoms with Crippen LogP contribution in [-0.4, -0.2) is 53.9 Å². The van der Waals surface area contributed by atoms with Gasteiger partial charge < -0.3 is 15.6 Å². The molecule has 1 aliphatic heterocycles. The van der Waals surface area contributed by atoms with Gasteiger partial charge in [0.1, 0.15) is 11.9 Å². The van der Waals surface area contributed by atoms with Gasteiger partial charge in [0.2, 0.25) is 5.91 Å². The normalized spacial score (nSPS) is 20.6. The topological polar surface area (TPSA) is 110 Å². The van der Waals surface area contributed by atoms with E-state index < -0.39 is 22.0 Å². The van der Waals surface area contributed by atoms with Gasteiger partial charge in [0.25, 0.3) is 10.0 Å². The van der Waals surface area contributed by atoms with E-state index in [-0.39, 0.29) is 18.1 Å². The first-order valence-corrected chi connectivity index (χ1v) is 8.37. The van der Waals surface area contributed by atoms with Gasteiger partial charge in [-0.15, -0.1) is 0 Å². The Hall–Kier alpha value is -1.45. The molecule has 1 amide bonds. The van der Waals surface area contributed by atoms with Crippen molar-refractivity contribution in [1.82, 2.24) is 19.2 Å². The Morgan fingerprint density at radius 1 is 1.57 bits per heavy atom. The molecular weight excluding hydrogens is 294 g/mol. The molecule has 21 heavy (non-hydrogen) atoms. The Morgan fingerprint density at radius 2 is 2.29 bits per heavy atom. The first-order chi connectivity index (χ1) is 9.87. The van der Waals surface area contributed by atoms with E-state index in [1.807, 2.05) is 6.92 Å². The van der Waals surface area contributed by atoms with E-state index in [1.165, 1.54) is 6.20 Å². The van der Waals surface area contributed by atoms with E-state index >= 15 is 0 Å². The minimum Gasteiger partial charge on any atom is -0.368 e. The molecule has 0 aromatic carbocycles. The summed E-state index contributed by atoms with van der Waals surface area (Å²) in [5.41, 5.74) is 5.30. The number of carbonyl (C=O) groups is 1. The number of aromatic nitrogens is 2. The van der Waals surface area contributed by atoms with Gasteiger partial charge >= 0.3 is 0 Å². The predicted molar refractivity (Wildman–Crippen MR) is 77.0 cm³/mol. The molecule has 1 saturated heterocycles. The van der Waals surface area contributed by atoms with Gasteiger partial charge in [-0.3, -0.25) is 4.79 Å². The van der Waals surface area contributed by atoms with Crippen molar-refractivity contribution in [3.63, 3.8) is 0 Å². The molecule has 1 aromatic heterocycles. The van der Waals surface area contributed by atoms with Gasteiger partial charge in [-0.05, 0) is 13.3 Å². The minimum atomic E-state index is -3.82. The molecule has 1 fully saturated rings. The molecule has 8 nitrogen and oxygen atoms in total. The first-order valence-electron chi connectivity index (χ1n) is 6.93. The molecule has 1 aromatic rings. The van der Waals surface area contributed by atoms with Gasteiger partial charge in [-0.25, -0.2) is 13.4 Å². The molecule has 0 radical (unpaired) electrons. The maximum absolute atomic E-state index is 12.7. The van der Waals surface area contributed by atoms with Crippen molar-refractivity contribution in [3.05, 3.63) is 12.0 Å². The van der Waals surface area contributed by atoms with E-state index in [9.17, 15) is 13.2 Å². The summed E-state index contributed by atoms with van der Waals surface area (Å²) in [4.78, 5) is 15.6. The molecule has 0 aliphatic carbocycles. The highest BCUT2D eigenvalue weighted by Gasteiger charge is 2.38. The molecule has 0 spiro atoms. The molecule has 0 saturated carbocycles. The molecule has 118 valence electrons. The van der Waals surface area contributed by atoms with Gasteiger partial charge in [0, 0.05) is 32.4 Å². The molecule has 0 bridgehead atoms. The van der Waals surface area contributed by atoms with Gasteiger partial charge in [0.05, 0.1) is 0 Å². The van der Waals surface area contributed by atoms with Gasteiger partial charge in [-0.1, -0.05) is 6.92 Å². The smallest absolute Gasteiger partial charge is 0.262 e. The number of hydrogen-bond donors (Lipinski definition) is 2. The fourth-order valence-electron chi connectivity index (χ4n) is 2.41. The average molecular weight is 315 g/mol. The SMILES string of the molecule is CCCn1cc(S(=O)(=O)N2CCNCC2C(N)=O)nc1C. The van der Waals surface area contributed by atoms with E-state index in [4.69, 9.17) is 5.73 Å². The van der Waals surface area contributed by atoms with E-state index in [0.29, 0.717) is 18.9 Å². The molecule has 3 N–H and O–H groups in total. The van der Waals surface area contributed by atoms with Crippen molar-refractivity contribution < 1.29 is 13.2 Å². The highest BCUT2D eigenvalue weighted by atomic mass is 32.2. The van der Waals surface area contributed by atoms with Crippen LogP contribution in [-0.2, 0) is 21.4 Å².